The van der Waals surface area contributed by atoms with E-state index in [9.17, 15) is 0 Å². The lowest BCUT2D eigenvalue weighted by atomic mass is 10.2. The van der Waals surface area contributed by atoms with Crippen molar-refractivity contribution in [2.75, 3.05) is 0 Å². The molecule has 2 heterocycles. The number of imidazole rings is 2. The zero-order valence-electron chi connectivity index (χ0n) is 10.4. The zero-order chi connectivity index (χ0) is 13.4. The van der Waals surface area contributed by atoms with Crippen LogP contribution in [0.15, 0.2) is 36.9 Å². The highest BCUT2D eigenvalue weighted by molar-refractivity contribution is 14.1. The van der Waals surface area contributed by atoms with E-state index in [0.29, 0.717) is 0 Å². The van der Waals surface area contributed by atoms with Gasteiger partial charge in [0.2, 0.25) is 0 Å². The van der Waals surface area contributed by atoms with Crippen molar-refractivity contribution in [2.24, 2.45) is 0 Å². The van der Waals surface area contributed by atoms with Gasteiger partial charge in [0.05, 0.1) is 23.4 Å². The Morgan fingerprint density at radius 3 is 3.05 bits per heavy atom. The number of hydrogen-bond acceptors (Lipinski definition) is 2. The summed E-state index contributed by atoms with van der Waals surface area (Å²) in [5.41, 5.74) is 2.24. The van der Waals surface area contributed by atoms with Crippen molar-refractivity contribution in [3.63, 3.8) is 0 Å². The van der Waals surface area contributed by atoms with Crippen molar-refractivity contribution < 1.29 is 0 Å². The predicted molar refractivity (Wildman–Crippen MR) is 86.8 cm³/mol. The average molecular weight is 384 g/mol. The van der Waals surface area contributed by atoms with Gasteiger partial charge in [-0.3, -0.25) is 0 Å². The first-order valence-electron chi connectivity index (χ1n) is 6.00. The number of aromatic nitrogens is 4. The maximum absolute atomic E-state index is 5.45. The Bertz CT molecular complexity index is 757. The summed E-state index contributed by atoms with van der Waals surface area (Å²) >= 11 is 7.76. The highest BCUT2D eigenvalue weighted by Crippen LogP contribution is 2.22. The summed E-state index contributed by atoms with van der Waals surface area (Å²) in [6, 6.07) is 6.61. The van der Waals surface area contributed by atoms with Crippen molar-refractivity contribution in [2.45, 2.75) is 19.5 Å². The lowest BCUT2D eigenvalue weighted by molar-refractivity contribution is 0.470. The van der Waals surface area contributed by atoms with E-state index in [1.165, 1.54) is 3.57 Å². The molecule has 0 saturated carbocycles. The Morgan fingerprint density at radius 2 is 2.32 bits per heavy atom. The number of H-pyrrole nitrogens is 1. The standard InChI is InChI=1S/C13H13IN4S/c1-9(7-17-5-4-15-8-17)18-12-3-2-10(14)6-11(12)16-13(18)19/h2-6,8-9H,7H2,1H3,(H,16,19). The molecule has 19 heavy (non-hydrogen) atoms. The summed E-state index contributed by atoms with van der Waals surface area (Å²) in [4.78, 5) is 7.35. The van der Waals surface area contributed by atoms with Crippen LogP contribution in [0.3, 0.4) is 0 Å². The number of nitrogens with one attached hydrogen (secondary N) is 1. The third kappa shape index (κ3) is 2.46. The van der Waals surface area contributed by atoms with Gasteiger partial charge < -0.3 is 14.1 Å². The fourth-order valence-corrected chi connectivity index (χ4v) is 3.20. The van der Waals surface area contributed by atoms with Gasteiger partial charge in [-0.1, -0.05) is 0 Å². The van der Waals surface area contributed by atoms with E-state index in [-0.39, 0.29) is 6.04 Å². The molecule has 6 heteroatoms. The van der Waals surface area contributed by atoms with Crippen LogP contribution in [0.4, 0.5) is 0 Å². The molecule has 1 unspecified atom stereocenters. The van der Waals surface area contributed by atoms with E-state index < -0.39 is 0 Å². The number of nitrogens with zero attached hydrogens (tertiary/aromatic N) is 3. The van der Waals surface area contributed by atoms with Crippen LogP contribution in [0.2, 0.25) is 0 Å². The number of benzene rings is 1. The van der Waals surface area contributed by atoms with E-state index in [0.717, 1.165) is 22.3 Å². The molecule has 1 atom stereocenters. The Morgan fingerprint density at radius 1 is 1.47 bits per heavy atom. The van der Waals surface area contributed by atoms with Gasteiger partial charge in [0.25, 0.3) is 0 Å². The maximum atomic E-state index is 5.45. The van der Waals surface area contributed by atoms with Crippen molar-refractivity contribution in [3.05, 3.63) is 45.3 Å². The molecule has 3 aromatic rings. The van der Waals surface area contributed by atoms with Gasteiger partial charge in [0.1, 0.15) is 0 Å². The zero-order valence-corrected chi connectivity index (χ0v) is 13.4. The second kappa shape index (κ2) is 5.09. The minimum Gasteiger partial charge on any atom is -0.335 e. The molecule has 0 aliphatic heterocycles. The van der Waals surface area contributed by atoms with Crippen LogP contribution >= 0.6 is 34.8 Å². The average Bonchev–Trinajstić information content (AvgIpc) is 2.95. The molecular weight excluding hydrogens is 371 g/mol. The van der Waals surface area contributed by atoms with Gasteiger partial charge in [-0.25, -0.2) is 4.98 Å². The van der Waals surface area contributed by atoms with Gasteiger partial charge in [0, 0.05) is 22.5 Å². The summed E-state index contributed by atoms with van der Waals surface area (Å²) in [5, 5.41) is 0. The lowest BCUT2D eigenvalue weighted by Gasteiger charge is -2.15. The highest BCUT2D eigenvalue weighted by atomic mass is 127. The van der Waals surface area contributed by atoms with Crippen LogP contribution in [0, 0.1) is 8.34 Å². The molecule has 1 aromatic carbocycles. The van der Waals surface area contributed by atoms with Crippen molar-refractivity contribution in [1.82, 2.24) is 19.1 Å². The third-order valence-corrected chi connectivity index (χ3v) is 4.12. The molecule has 0 aliphatic carbocycles. The van der Waals surface area contributed by atoms with E-state index in [4.69, 9.17) is 12.2 Å². The molecule has 4 nitrogen and oxygen atoms in total. The van der Waals surface area contributed by atoms with Crippen molar-refractivity contribution in [1.29, 1.82) is 0 Å². The summed E-state index contributed by atoms with van der Waals surface area (Å²) in [6.07, 6.45) is 5.60. The minimum absolute atomic E-state index is 0.274. The second-order valence-corrected chi connectivity index (χ2v) is 6.20. The highest BCUT2D eigenvalue weighted by Gasteiger charge is 2.11. The number of aromatic amines is 1. The van der Waals surface area contributed by atoms with Crippen LogP contribution in [0.25, 0.3) is 11.0 Å². The van der Waals surface area contributed by atoms with Crippen LogP contribution in [-0.2, 0) is 6.54 Å². The first-order valence-corrected chi connectivity index (χ1v) is 7.49. The first kappa shape index (κ1) is 12.9. The molecule has 0 spiro atoms. The quantitative estimate of drug-likeness (QED) is 0.552. The van der Waals surface area contributed by atoms with Crippen LogP contribution in [-0.4, -0.2) is 19.1 Å². The summed E-state index contributed by atoms with van der Waals surface area (Å²) in [7, 11) is 0. The van der Waals surface area contributed by atoms with Gasteiger partial charge in [0.15, 0.2) is 4.77 Å². The molecule has 2 aromatic heterocycles. The normalized spacial score (nSPS) is 12.9. The molecular formula is C13H13IN4S. The van der Waals surface area contributed by atoms with Gasteiger partial charge in [-0.2, -0.15) is 0 Å². The molecule has 0 radical (unpaired) electrons. The summed E-state index contributed by atoms with van der Waals surface area (Å²) < 4.78 is 6.21. The smallest absolute Gasteiger partial charge is 0.178 e. The molecule has 0 saturated heterocycles. The topological polar surface area (TPSA) is 38.5 Å². The number of halogens is 1. The van der Waals surface area contributed by atoms with E-state index in [2.05, 4.69) is 66.8 Å². The van der Waals surface area contributed by atoms with Crippen LogP contribution < -0.4 is 0 Å². The molecule has 0 amide bonds. The number of fused-ring (bicyclic) bond motifs is 1. The third-order valence-electron chi connectivity index (χ3n) is 3.15. The predicted octanol–water partition coefficient (Wildman–Crippen LogP) is 3.76. The summed E-state index contributed by atoms with van der Waals surface area (Å²) in [6.45, 7) is 3.02. The Kier molecular flexibility index (Phi) is 3.44. The molecule has 3 rings (SSSR count). The fourth-order valence-electron chi connectivity index (χ4n) is 2.32. The molecule has 0 aliphatic rings. The lowest BCUT2D eigenvalue weighted by Crippen LogP contribution is -2.12. The fraction of sp³-hybridized carbons (Fsp3) is 0.231. The van der Waals surface area contributed by atoms with Gasteiger partial charge in [-0.15, -0.1) is 0 Å². The monoisotopic (exact) mass is 384 g/mol. The van der Waals surface area contributed by atoms with E-state index in [1.807, 2.05) is 12.5 Å². The Hall–Kier alpha value is -1.15. The van der Waals surface area contributed by atoms with Crippen molar-refractivity contribution in [3.8, 4) is 0 Å². The SMILES string of the molecule is CC(Cn1ccnc1)n1c(=S)[nH]c2cc(I)ccc21. The molecule has 1 N–H and O–H groups in total. The van der Waals surface area contributed by atoms with Crippen LogP contribution in [0.5, 0.6) is 0 Å². The second-order valence-electron chi connectivity index (χ2n) is 4.57. The van der Waals surface area contributed by atoms with E-state index in [1.54, 1.807) is 6.20 Å². The minimum atomic E-state index is 0.274. The largest absolute Gasteiger partial charge is 0.335 e. The molecule has 98 valence electrons. The summed E-state index contributed by atoms with van der Waals surface area (Å²) in [5.74, 6) is 0. The van der Waals surface area contributed by atoms with Crippen molar-refractivity contribution >= 4 is 45.8 Å². The molecule has 0 bridgehead atoms. The van der Waals surface area contributed by atoms with E-state index >= 15 is 0 Å². The maximum Gasteiger partial charge on any atom is 0.178 e. The first-order chi connectivity index (χ1) is 9.15. The molecule has 0 fully saturated rings. The van der Waals surface area contributed by atoms with Gasteiger partial charge in [-0.05, 0) is 59.9 Å². The van der Waals surface area contributed by atoms with Crippen LogP contribution in [0.1, 0.15) is 13.0 Å². The number of hydrogen-bond donors (Lipinski definition) is 1. The van der Waals surface area contributed by atoms with Gasteiger partial charge >= 0.3 is 0 Å². The number of rotatable bonds is 3. The Labute approximate surface area is 129 Å². The Balaban J connectivity index is 2.04.